The van der Waals surface area contributed by atoms with Gasteiger partial charge in [0.15, 0.2) is 11.5 Å². The normalized spacial score (nSPS) is 10.9. The average Bonchev–Trinajstić information content (AvgIpc) is 2.84. The van der Waals surface area contributed by atoms with E-state index in [4.69, 9.17) is 14.2 Å². The van der Waals surface area contributed by atoms with E-state index in [9.17, 15) is 17.6 Å². The van der Waals surface area contributed by atoms with Gasteiger partial charge in [0.1, 0.15) is 18.1 Å². The molecule has 0 bridgehead atoms. The Hall–Kier alpha value is -3.79. The number of hydrogen-bond acceptors (Lipinski definition) is 6. The van der Waals surface area contributed by atoms with Gasteiger partial charge in [0.2, 0.25) is 5.91 Å². The van der Waals surface area contributed by atoms with Gasteiger partial charge in [0, 0.05) is 11.8 Å². The van der Waals surface area contributed by atoms with Crippen LogP contribution in [-0.4, -0.2) is 41.7 Å². The van der Waals surface area contributed by atoms with Crippen molar-refractivity contribution >= 4 is 27.3 Å². The van der Waals surface area contributed by atoms with Crippen LogP contribution in [0.25, 0.3) is 0 Å². The second-order valence-electron chi connectivity index (χ2n) is 7.01. The molecule has 0 aliphatic rings. The molecular weight excluding hydrogens is 463 g/mol. The van der Waals surface area contributed by atoms with Gasteiger partial charge in [-0.3, -0.25) is 9.10 Å². The molecule has 1 N–H and O–H groups in total. The van der Waals surface area contributed by atoms with Gasteiger partial charge in [-0.1, -0.05) is 0 Å². The molecule has 8 nitrogen and oxygen atoms in total. The zero-order valence-corrected chi connectivity index (χ0v) is 19.8. The minimum absolute atomic E-state index is 0.0892. The van der Waals surface area contributed by atoms with Crippen LogP contribution in [0.15, 0.2) is 71.6 Å². The molecule has 3 rings (SSSR count). The number of halogens is 1. The van der Waals surface area contributed by atoms with Crippen LogP contribution in [0, 0.1) is 5.82 Å². The summed E-state index contributed by atoms with van der Waals surface area (Å²) in [5.74, 6) is 0.0918. The number of hydrogen-bond donors (Lipinski definition) is 1. The minimum atomic E-state index is -4.19. The molecule has 0 heterocycles. The largest absolute Gasteiger partial charge is 0.494 e. The summed E-state index contributed by atoms with van der Waals surface area (Å²) < 4.78 is 57.2. The third kappa shape index (κ3) is 5.76. The number of nitrogens with zero attached hydrogens (tertiary/aromatic N) is 1. The van der Waals surface area contributed by atoms with E-state index < -0.39 is 28.3 Å². The topological polar surface area (TPSA) is 94.2 Å². The van der Waals surface area contributed by atoms with Crippen LogP contribution in [0.4, 0.5) is 15.8 Å². The molecule has 0 radical (unpaired) electrons. The maximum atomic E-state index is 13.6. The van der Waals surface area contributed by atoms with Crippen molar-refractivity contribution in [2.75, 3.05) is 37.0 Å². The lowest BCUT2D eigenvalue weighted by atomic mass is 10.3. The molecule has 3 aromatic rings. The molecular formula is C24H25FN2O6S. The SMILES string of the molecule is CCOc1ccc(N(CC(=O)Nc2ccc(F)cc2)S(=O)(=O)c2ccc(OC)c(OC)c2)cc1. The third-order valence-corrected chi connectivity index (χ3v) is 6.56. The number of ether oxygens (including phenoxy) is 3. The first-order valence-electron chi connectivity index (χ1n) is 10.3. The molecule has 180 valence electrons. The second-order valence-corrected chi connectivity index (χ2v) is 8.87. The maximum Gasteiger partial charge on any atom is 0.264 e. The van der Waals surface area contributed by atoms with Crippen molar-refractivity contribution in [3.8, 4) is 17.2 Å². The monoisotopic (exact) mass is 488 g/mol. The summed E-state index contributed by atoms with van der Waals surface area (Å²) in [5.41, 5.74) is 0.592. The van der Waals surface area contributed by atoms with Crippen LogP contribution in [0.3, 0.4) is 0 Å². The highest BCUT2D eigenvalue weighted by atomic mass is 32.2. The van der Waals surface area contributed by atoms with Crippen molar-refractivity contribution in [1.82, 2.24) is 0 Å². The summed E-state index contributed by atoms with van der Waals surface area (Å²) in [6.07, 6.45) is 0. The molecule has 0 aromatic heterocycles. The summed E-state index contributed by atoms with van der Waals surface area (Å²) in [5, 5.41) is 2.58. The number of sulfonamides is 1. The lowest BCUT2D eigenvalue weighted by molar-refractivity contribution is -0.114. The Bertz CT molecular complexity index is 1230. The highest BCUT2D eigenvalue weighted by Crippen LogP contribution is 2.32. The summed E-state index contributed by atoms with van der Waals surface area (Å²) >= 11 is 0. The molecule has 0 saturated carbocycles. The summed E-state index contributed by atoms with van der Waals surface area (Å²) in [6, 6.07) is 15.7. The number of carbonyl (C=O) groups excluding carboxylic acids is 1. The van der Waals surface area contributed by atoms with Crippen LogP contribution in [0.5, 0.6) is 17.2 Å². The van der Waals surface area contributed by atoms with Crippen molar-refractivity contribution in [3.63, 3.8) is 0 Å². The van der Waals surface area contributed by atoms with Gasteiger partial charge in [-0.05, 0) is 67.6 Å². The van der Waals surface area contributed by atoms with Crippen molar-refractivity contribution in [2.45, 2.75) is 11.8 Å². The maximum absolute atomic E-state index is 13.6. The molecule has 10 heteroatoms. The molecule has 0 fully saturated rings. The van der Waals surface area contributed by atoms with Crippen LogP contribution in [-0.2, 0) is 14.8 Å². The highest BCUT2D eigenvalue weighted by Gasteiger charge is 2.28. The Kier molecular flexibility index (Phi) is 7.95. The van der Waals surface area contributed by atoms with Crippen molar-refractivity contribution < 1.29 is 31.8 Å². The molecule has 0 aliphatic carbocycles. The van der Waals surface area contributed by atoms with E-state index in [-0.39, 0.29) is 16.3 Å². The Labute approximate surface area is 197 Å². The Morgan fingerprint density at radius 2 is 1.59 bits per heavy atom. The molecule has 1 amide bonds. The Morgan fingerprint density at radius 1 is 0.941 bits per heavy atom. The van der Waals surface area contributed by atoms with Gasteiger partial charge in [-0.15, -0.1) is 0 Å². The van der Waals surface area contributed by atoms with Gasteiger partial charge < -0.3 is 19.5 Å². The van der Waals surface area contributed by atoms with Gasteiger partial charge in [0.25, 0.3) is 10.0 Å². The third-order valence-electron chi connectivity index (χ3n) is 4.79. The Morgan fingerprint density at radius 3 is 2.18 bits per heavy atom. The second kappa shape index (κ2) is 10.9. The number of amides is 1. The standard InChI is InChI=1S/C24H25FN2O6S/c1-4-33-20-11-9-19(10-12-20)27(16-24(28)26-18-7-5-17(25)6-8-18)34(29,30)21-13-14-22(31-2)23(15-21)32-3/h5-15H,4,16H2,1-3H3,(H,26,28). The van der Waals surface area contributed by atoms with Gasteiger partial charge in [-0.2, -0.15) is 0 Å². The van der Waals surface area contributed by atoms with Crippen molar-refractivity contribution in [2.24, 2.45) is 0 Å². The highest BCUT2D eigenvalue weighted by molar-refractivity contribution is 7.92. The smallest absolute Gasteiger partial charge is 0.264 e. The van der Waals surface area contributed by atoms with E-state index >= 15 is 0 Å². The fourth-order valence-corrected chi connectivity index (χ4v) is 4.60. The van der Waals surface area contributed by atoms with Crippen molar-refractivity contribution in [3.05, 3.63) is 72.5 Å². The van der Waals surface area contributed by atoms with Crippen molar-refractivity contribution in [1.29, 1.82) is 0 Å². The zero-order valence-electron chi connectivity index (χ0n) is 18.9. The number of anilines is 2. The lowest BCUT2D eigenvalue weighted by Gasteiger charge is -2.24. The van der Waals surface area contributed by atoms with Crippen LogP contribution >= 0.6 is 0 Å². The fourth-order valence-electron chi connectivity index (χ4n) is 3.16. The predicted molar refractivity (Wildman–Crippen MR) is 127 cm³/mol. The van der Waals surface area contributed by atoms with Gasteiger partial charge in [-0.25, -0.2) is 12.8 Å². The first-order chi connectivity index (χ1) is 16.3. The summed E-state index contributed by atoms with van der Waals surface area (Å²) in [4.78, 5) is 12.7. The molecule has 3 aromatic carbocycles. The lowest BCUT2D eigenvalue weighted by Crippen LogP contribution is -2.38. The van der Waals surface area contributed by atoms with E-state index in [1.54, 1.807) is 24.3 Å². The Balaban J connectivity index is 1.98. The molecule has 0 spiro atoms. The van der Waals surface area contributed by atoms with E-state index in [0.29, 0.717) is 23.8 Å². The summed E-state index contributed by atoms with van der Waals surface area (Å²) in [7, 11) is -1.35. The zero-order chi connectivity index (χ0) is 24.7. The number of nitrogens with one attached hydrogen (secondary N) is 1. The average molecular weight is 489 g/mol. The molecule has 0 unspecified atom stereocenters. The summed E-state index contributed by atoms with van der Waals surface area (Å²) in [6.45, 7) is 1.76. The predicted octanol–water partition coefficient (Wildman–Crippen LogP) is 4.08. The first-order valence-corrected chi connectivity index (χ1v) is 11.8. The number of rotatable bonds is 10. The molecule has 0 atom stereocenters. The van der Waals surface area contributed by atoms with Crippen LogP contribution < -0.4 is 23.8 Å². The number of methoxy groups -OCH3 is 2. The van der Waals surface area contributed by atoms with Crippen LogP contribution in [0.1, 0.15) is 6.92 Å². The molecule has 0 aliphatic heterocycles. The van der Waals surface area contributed by atoms with E-state index in [1.165, 1.54) is 56.7 Å². The quantitative estimate of drug-likeness (QED) is 0.462. The van der Waals surface area contributed by atoms with E-state index in [1.807, 2.05) is 6.92 Å². The number of benzene rings is 3. The number of carbonyl (C=O) groups is 1. The van der Waals surface area contributed by atoms with E-state index in [0.717, 1.165) is 4.31 Å². The van der Waals surface area contributed by atoms with E-state index in [2.05, 4.69) is 5.32 Å². The van der Waals surface area contributed by atoms with Crippen LogP contribution in [0.2, 0.25) is 0 Å². The fraction of sp³-hybridized carbons (Fsp3) is 0.208. The van der Waals surface area contributed by atoms with Gasteiger partial charge >= 0.3 is 0 Å². The molecule has 0 saturated heterocycles. The molecule has 34 heavy (non-hydrogen) atoms. The van der Waals surface area contributed by atoms with Gasteiger partial charge in [0.05, 0.1) is 31.4 Å². The minimum Gasteiger partial charge on any atom is -0.494 e. The first kappa shape index (κ1) is 24.8.